The number of rotatable bonds is 1. The molecule has 0 aromatic heterocycles. The van der Waals surface area contributed by atoms with Crippen LogP contribution in [-0.4, -0.2) is 42.0 Å². The molecule has 1 unspecified atom stereocenters. The zero-order chi connectivity index (χ0) is 9.69. The van der Waals surface area contributed by atoms with Gasteiger partial charge in [0.1, 0.15) is 0 Å². The summed E-state index contributed by atoms with van der Waals surface area (Å²) in [6, 6.07) is 0.373. The number of hydrogen-bond acceptors (Lipinski definition) is 2. The van der Waals surface area contributed by atoms with E-state index in [1.165, 1.54) is 0 Å². The van der Waals surface area contributed by atoms with Crippen molar-refractivity contribution < 1.29 is 8.78 Å². The highest BCUT2D eigenvalue weighted by atomic mass is 19.3. The maximum absolute atomic E-state index is 13.2. The molecule has 0 aromatic rings. The third kappa shape index (κ3) is 1.19. The van der Waals surface area contributed by atoms with Crippen molar-refractivity contribution in [2.24, 2.45) is 0 Å². The van der Waals surface area contributed by atoms with Crippen molar-refractivity contribution >= 4 is 0 Å². The van der Waals surface area contributed by atoms with Gasteiger partial charge in [0.2, 0.25) is 0 Å². The summed E-state index contributed by atoms with van der Waals surface area (Å²) in [7, 11) is 0. The molecule has 4 heteroatoms. The molecule has 2 aliphatic rings. The molecular formula is C9H16F2N2. The Labute approximate surface area is 77.3 Å². The Bertz CT molecular complexity index is 218. The Morgan fingerprint density at radius 1 is 1.38 bits per heavy atom. The van der Waals surface area contributed by atoms with Gasteiger partial charge in [-0.15, -0.1) is 0 Å². The maximum Gasteiger partial charge on any atom is 0.279 e. The van der Waals surface area contributed by atoms with Crippen molar-refractivity contribution in [3.63, 3.8) is 0 Å². The number of nitrogens with zero attached hydrogens (tertiary/aromatic N) is 1. The molecule has 0 radical (unpaired) electrons. The van der Waals surface area contributed by atoms with Gasteiger partial charge in [0.05, 0.1) is 12.1 Å². The van der Waals surface area contributed by atoms with Crippen LogP contribution >= 0.6 is 0 Å². The minimum absolute atomic E-state index is 0.140. The average Bonchev–Trinajstić information content (AvgIpc) is 2.49. The molecule has 0 bridgehead atoms. The number of likely N-dealkylation sites (tertiary alicyclic amines) is 1. The van der Waals surface area contributed by atoms with Gasteiger partial charge < -0.3 is 0 Å². The predicted molar refractivity (Wildman–Crippen MR) is 47.0 cm³/mol. The van der Waals surface area contributed by atoms with Crippen LogP contribution < -0.4 is 5.32 Å². The van der Waals surface area contributed by atoms with E-state index in [-0.39, 0.29) is 6.54 Å². The van der Waals surface area contributed by atoms with Crippen molar-refractivity contribution in [2.75, 3.05) is 19.6 Å². The lowest BCUT2D eigenvalue weighted by molar-refractivity contribution is -0.149. The number of nitrogens with one attached hydrogen (secondary N) is 1. The van der Waals surface area contributed by atoms with E-state index in [1.54, 1.807) is 0 Å². The topological polar surface area (TPSA) is 15.3 Å². The van der Waals surface area contributed by atoms with Crippen molar-refractivity contribution in [3.8, 4) is 0 Å². The zero-order valence-corrected chi connectivity index (χ0v) is 8.11. The zero-order valence-electron chi connectivity index (χ0n) is 8.11. The van der Waals surface area contributed by atoms with E-state index in [4.69, 9.17) is 0 Å². The van der Waals surface area contributed by atoms with Gasteiger partial charge >= 0.3 is 0 Å². The minimum Gasteiger partial charge on any atom is -0.299 e. The van der Waals surface area contributed by atoms with Gasteiger partial charge in [-0.05, 0) is 20.3 Å². The van der Waals surface area contributed by atoms with Gasteiger partial charge in [0.15, 0.2) is 0 Å². The van der Waals surface area contributed by atoms with Crippen LogP contribution in [0.15, 0.2) is 0 Å². The molecule has 2 rings (SSSR count). The molecule has 1 atom stereocenters. The molecule has 1 N–H and O–H groups in total. The largest absolute Gasteiger partial charge is 0.299 e. The smallest absolute Gasteiger partial charge is 0.279 e. The first kappa shape index (κ1) is 9.34. The standard InChI is InChI=1S/C9H16F2N2/c1-7(2)13-4-3-8(6-13)9(10,11)5-12-8/h7,12H,3-6H2,1-2H3. The highest BCUT2D eigenvalue weighted by molar-refractivity contribution is 5.15. The van der Waals surface area contributed by atoms with Crippen molar-refractivity contribution in [1.29, 1.82) is 0 Å². The first-order chi connectivity index (χ1) is 5.97. The van der Waals surface area contributed by atoms with Crippen LogP contribution in [0.3, 0.4) is 0 Å². The average molecular weight is 190 g/mol. The highest BCUT2D eigenvalue weighted by Crippen LogP contribution is 2.42. The Morgan fingerprint density at radius 3 is 2.31 bits per heavy atom. The predicted octanol–water partition coefficient (Wildman–Crippen LogP) is 1.08. The third-order valence-corrected chi connectivity index (χ3v) is 3.38. The summed E-state index contributed by atoms with van der Waals surface area (Å²) in [6.07, 6.45) is 0.582. The van der Waals surface area contributed by atoms with Crippen molar-refractivity contribution in [2.45, 2.75) is 37.8 Å². The second-order valence-corrected chi connectivity index (χ2v) is 4.45. The lowest BCUT2D eigenvalue weighted by Gasteiger charge is -2.48. The molecule has 2 saturated heterocycles. The van der Waals surface area contributed by atoms with Crippen LogP contribution in [0.2, 0.25) is 0 Å². The fraction of sp³-hybridized carbons (Fsp3) is 1.00. The van der Waals surface area contributed by atoms with Crippen LogP contribution in [0.4, 0.5) is 8.78 Å². The van der Waals surface area contributed by atoms with E-state index in [0.29, 0.717) is 19.0 Å². The monoisotopic (exact) mass is 190 g/mol. The van der Waals surface area contributed by atoms with E-state index >= 15 is 0 Å². The number of hydrogen-bond donors (Lipinski definition) is 1. The van der Waals surface area contributed by atoms with E-state index in [0.717, 1.165) is 6.54 Å². The molecule has 2 fully saturated rings. The third-order valence-electron chi connectivity index (χ3n) is 3.38. The second kappa shape index (κ2) is 2.64. The molecule has 1 spiro atoms. The molecule has 2 aliphatic heterocycles. The Morgan fingerprint density at radius 2 is 2.08 bits per heavy atom. The molecule has 76 valence electrons. The van der Waals surface area contributed by atoms with Gasteiger partial charge in [-0.3, -0.25) is 10.2 Å². The van der Waals surface area contributed by atoms with E-state index in [1.807, 2.05) is 0 Å². The number of alkyl halides is 2. The molecule has 2 heterocycles. The summed E-state index contributed by atoms with van der Waals surface area (Å²) in [4.78, 5) is 2.11. The summed E-state index contributed by atoms with van der Waals surface area (Å²) in [6.45, 7) is 5.25. The van der Waals surface area contributed by atoms with E-state index < -0.39 is 11.5 Å². The Balaban J connectivity index is 2.05. The SMILES string of the molecule is CC(C)N1CCC2(C1)NCC2(F)F. The van der Waals surface area contributed by atoms with Gasteiger partial charge in [-0.2, -0.15) is 0 Å². The van der Waals surface area contributed by atoms with Crippen LogP contribution in [0, 0.1) is 0 Å². The summed E-state index contributed by atoms with van der Waals surface area (Å²) in [5.41, 5.74) is -0.892. The normalized spacial score (nSPS) is 38.5. The molecular weight excluding hydrogens is 174 g/mol. The van der Waals surface area contributed by atoms with E-state index in [2.05, 4.69) is 24.1 Å². The summed E-state index contributed by atoms with van der Waals surface area (Å²) in [5, 5.41) is 2.90. The first-order valence-corrected chi connectivity index (χ1v) is 4.84. The molecule has 13 heavy (non-hydrogen) atoms. The van der Waals surface area contributed by atoms with Gasteiger partial charge in [-0.25, -0.2) is 8.78 Å². The van der Waals surface area contributed by atoms with Crippen LogP contribution in [0.5, 0.6) is 0 Å². The molecule has 0 saturated carbocycles. The quantitative estimate of drug-likeness (QED) is 0.665. The lowest BCUT2D eigenvalue weighted by atomic mass is 9.83. The van der Waals surface area contributed by atoms with Crippen LogP contribution in [0.1, 0.15) is 20.3 Å². The fourth-order valence-electron chi connectivity index (χ4n) is 2.19. The fourth-order valence-corrected chi connectivity index (χ4v) is 2.19. The van der Waals surface area contributed by atoms with Crippen molar-refractivity contribution in [1.82, 2.24) is 10.2 Å². The summed E-state index contributed by atoms with van der Waals surface area (Å²) in [5.74, 6) is -2.49. The summed E-state index contributed by atoms with van der Waals surface area (Å²) >= 11 is 0. The second-order valence-electron chi connectivity index (χ2n) is 4.45. The minimum atomic E-state index is -2.49. The maximum atomic E-state index is 13.2. The van der Waals surface area contributed by atoms with Gasteiger partial charge in [-0.1, -0.05) is 0 Å². The highest BCUT2D eigenvalue weighted by Gasteiger charge is 2.63. The van der Waals surface area contributed by atoms with Crippen LogP contribution in [-0.2, 0) is 0 Å². The summed E-state index contributed by atoms with van der Waals surface area (Å²) < 4.78 is 26.5. The molecule has 0 aromatic carbocycles. The number of halogens is 2. The molecule has 0 amide bonds. The first-order valence-electron chi connectivity index (χ1n) is 4.84. The van der Waals surface area contributed by atoms with E-state index in [9.17, 15) is 8.78 Å². The van der Waals surface area contributed by atoms with Gasteiger partial charge in [0, 0.05) is 19.1 Å². The lowest BCUT2D eigenvalue weighted by Crippen LogP contribution is -2.74. The van der Waals surface area contributed by atoms with Crippen LogP contribution in [0.25, 0.3) is 0 Å². The Kier molecular flexibility index (Phi) is 1.90. The van der Waals surface area contributed by atoms with Crippen molar-refractivity contribution in [3.05, 3.63) is 0 Å². The molecule has 0 aliphatic carbocycles. The Hall–Kier alpha value is -0.220. The molecule has 2 nitrogen and oxygen atoms in total. The van der Waals surface area contributed by atoms with Gasteiger partial charge in [0.25, 0.3) is 5.92 Å².